The van der Waals surface area contributed by atoms with Gasteiger partial charge in [0, 0.05) is 5.41 Å². The molecule has 4 nitrogen and oxygen atoms in total. The van der Waals surface area contributed by atoms with Gasteiger partial charge in [0.25, 0.3) is 0 Å². The van der Waals surface area contributed by atoms with Crippen LogP contribution in [-0.2, 0) is 9.84 Å². The zero-order chi connectivity index (χ0) is 12.2. The van der Waals surface area contributed by atoms with Gasteiger partial charge in [0.15, 0.2) is 9.84 Å². The first kappa shape index (κ1) is 12.3. The Bertz CT molecular complexity index is 365. The Balaban J connectivity index is 2.32. The summed E-state index contributed by atoms with van der Waals surface area (Å²) in [4.78, 5) is 0. The molecule has 2 heterocycles. The molecule has 0 aromatic heterocycles. The van der Waals surface area contributed by atoms with E-state index in [0.29, 0.717) is 12.8 Å². The van der Waals surface area contributed by atoms with Gasteiger partial charge in [-0.25, -0.2) is 8.42 Å². The summed E-state index contributed by atoms with van der Waals surface area (Å²) in [5, 5.41) is 19.1. The summed E-state index contributed by atoms with van der Waals surface area (Å²) in [7, 11) is -3.01. The molecule has 2 aliphatic heterocycles. The van der Waals surface area contributed by atoms with Crippen molar-refractivity contribution in [2.75, 3.05) is 6.61 Å². The summed E-state index contributed by atoms with van der Waals surface area (Å²) < 4.78 is 23.8. The molecular weight excluding hydrogens is 228 g/mol. The van der Waals surface area contributed by atoms with Gasteiger partial charge in [0.2, 0.25) is 0 Å². The van der Waals surface area contributed by atoms with Crippen molar-refractivity contribution in [2.24, 2.45) is 5.41 Å². The van der Waals surface area contributed by atoms with Crippen molar-refractivity contribution in [3.8, 4) is 0 Å². The lowest BCUT2D eigenvalue weighted by atomic mass is 9.71. The molecule has 2 rings (SSSR count). The minimum absolute atomic E-state index is 0.122. The van der Waals surface area contributed by atoms with Gasteiger partial charge in [-0.05, 0) is 25.7 Å². The van der Waals surface area contributed by atoms with Crippen LogP contribution in [-0.4, -0.2) is 41.3 Å². The highest BCUT2D eigenvalue weighted by atomic mass is 32.2. The monoisotopic (exact) mass is 248 g/mol. The van der Waals surface area contributed by atoms with Gasteiger partial charge in [0.05, 0.1) is 22.7 Å². The van der Waals surface area contributed by atoms with Crippen molar-refractivity contribution in [1.82, 2.24) is 0 Å². The fourth-order valence-corrected chi connectivity index (χ4v) is 5.43. The molecule has 94 valence electrons. The minimum atomic E-state index is -3.01. The molecule has 2 aliphatic rings. The van der Waals surface area contributed by atoms with Crippen LogP contribution in [0.1, 0.15) is 39.5 Å². The summed E-state index contributed by atoms with van der Waals surface area (Å²) in [6, 6.07) is 0. The number of rotatable bonds is 2. The second-order valence-corrected chi connectivity index (χ2v) is 8.40. The normalized spacial score (nSPS) is 42.2. The van der Waals surface area contributed by atoms with Gasteiger partial charge in [-0.1, -0.05) is 13.8 Å². The van der Waals surface area contributed by atoms with E-state index in [0.717, 1.165) is 0 Å². The largest absolute Gasteiger partial charge is 0.396 e. The Morgan fingerprint density at radius 2 is 1.69 bits per heavy atom. The van der Waals surface area contributed by atoms with Crippen LogP contribution in [0, 0.1) is 5.41 Å². The summed E-state index contributed by atoms with van der Waals surface area (Å²) in [6.07, 6.45) is 1.88. The minimum Gasteiger partial charge on any atom is -0.396 e. The molecule has 2 fully saturated rings. The van der Waals surface area contributed by atoms with E-state index < -0.39 is 31.4 Å². The third-order valence-corrected chi connectivity index (χ3v) is 7.19. The lowest BCUT2D eigenvalue weighted by Crippen LogP contribution is -2.55. The van der Waals surface area contributed by atoms with Crippen molar-refractivity contribution >= 4 is 9.84 Å². The van der Waals surface area contributed by atoms with Gasteiger partial charge in [-0.3, -0.25) is 0 Å². The second-order valence-electron chi connectivity index (χ2n) is 5.89. The van der Waals surface area contributed by atoms with Crippen LogP contribution in [0.5, 0.6) is 0 Å². The number of aliphatic hydroxyl groups is 2. The lowest BCUT2D eigenvalue weighted by molar-refractivity contribution is -0.102. The predicted molar refractivity (Wildman–Crippen MR) is 60.8 cm³/mol. The molecule has 2 bridgehead atoms. The van der Waals surface area contributed by atoms with Crippen LogP contribution >= 0.6 is 0 Å². The van der Waals surface area contributed by atoms with Crippen molar-refractivity contribution in [2.45, 2.75) is 55.6 Å². The van der Waals surface area contributed by atoms with Gasteiger partial charge in [0.1, 0.15) is 0 Å². The molecule has 2 N–H and O–H groups in total. The van der Waals surface area contributed by atoms with Crippen molar-refractivity contribution in [3.05, 3.63) is 0 Å². The van der Waals surface area contributed by atoms with E-state index >= 15 is 0 Å². The molecule has 0 spiro atoms. The highest BCUT2D eigenvalue weighted by Gasteiger charge is 2.57. The number of fused-ring (bicyclic) bond motifs is 2. The molecule has 0 saturated carbocycles. The highest BCUT2D eigenvalue weighted by molar-refractivity contribution is 7.93. The van der Waals surface area contributed by atoms with Crippen LogP contribution in [0.25, 0.3) is 0 Å². The molecule has 2 saturated heterocycles. The third-order valence-electron chi connectivity index (χ3n) is 4.53. The topological polar surface area (TPSA) is 74.6 Å². The molecule has 5 heteroatoms. The van der Waals surface area contributed by atoms with E-state index in [1.807, 2.05) is 0 Å². The number of hydrogen-bond acceptors (Lipinski definition) is 4. The second kappa shape index (κ2) is 3.43. The molecule has 0 aromatic rings. The average Bonchev–Trinajstić information content (AvgIpc) is 2.41. The van der Waals surface area contributed by atoms with Gasteiger partial charge < -0.3 is 10.2 Å². The molecule has 0 aliphatic carbocycles. The van der Waals surface area contributed by atoms with Crippen molar-refractivity contribution in [3.63, 3.8) is 0 Å². The number of hydrogen-bond donors (Lipinski definition) is 2. The third kappa shape index (κ3) is 1.52. The van der Waals surface area contributed by atoms with Gasteiger partial charge >= 0.3 is 0 Å². The standard InChI is InChI=1S/C11H20O4S/c1-10(2,7-12)11(13)5-8-3-4-9(6-11)16(8,14)15/h8-9,12-13H,3-7H2,1-2H3. The maximum Gasteiger partial charge on any atom is 0.156 e. The van der Waals surface area contributed by atoms with E-state index in [2.05, 4.69) is 0 Å². The van der Waals surface area contributed by atoms with Crippen LogP contribution in [0.2, 0.25) is 0 Å². The first-order chi connectivity index (χ1) is 7.23. The Kier molecular flexibility index (Phi) is 2.64. The highest BCUT2D eigenvalue weighted by Crippen LogP contribution is 2.49. The molecule has 16 heavy (non-hydrogen) atoms. The SMILES string of the molecule is CC(C)(CO)C1(O)CC2CCC(C1)S2(=O)=O. The molecule has 2 atom stereocenters. The smallest absolute Gasteiger partial charge is 0.156 e. The molecule has 0 radical (unpaired) electrons. The van der Waals surface area contributed by atoms with E-state index in [4.69, 9.17) is 0 Å². The lowest BCUT2D eigenvalue weighted by Gasteiger charge is -2.46. The number of sulfone groups is 1. The average molecular weight is 248 g/mol. The van der Waals surface area contributed by atoms with E-state index in [1.54, 1.807) is 13.8 Å². The van der Waals surface area contributed by atoms with Crippen LogP contribution in [0.15, 0.2) is 0 Å². The molecule has 0 aromatic carbocycles. The predicted octanol–water partition coefficient (Wildman–Crippen LogP) is 0.476. The van der Waals surface area contributed by atoms with Crippen LogP contribution in [0.3, 0.4) is 0 Å². The van der Waals surface area contributed by atoms with E-state index in [9.17, 15) is 18.6 Å². The first-order valence-electron chi connectivity index (χ1n) is 5.79. The Labute approximate surface area is 96.6 Å². The van der Waals surface area contributed by atoms with Gasteiger partial charge in [-0.15, -0.1) is 0 Å². The van der Waals surface area contributed by atoms with Crippen molar-refractivity contribution in [1.29, 1.82) is 0 Å². The Hall–Kier alpha value is -0.130. The van der Waals surface area contributed by atoms with Crippen LogP contribution in [0.4, 0.5) is 0 Å². The summed E-state index contributed by atoms with van der Waals surface area (Å²) in [5.74, 6) is 0. The summed E-state index contributed by atoms with van der Waals surface area (Å²) in [6.45, 7) is 3.47. The van der Waals surface area contributed by atoms with E-state index in [-0.39, 0.29) is 19.4 Å². The summed E-state index contributed by atoms with van der Waals surface area (Å²) in [5.41, 5.74) is -1.68. The zero-order valence-corrected chi connectivity index (χ0v) is 10.6. The Morgan fingerprint density at radius 3 is 2.06 bits per heavy atom. The number of aliphatic hydroxyl groups excluding tert-OH is 1. The Morgan fingerprint density at radius 1 is 1.25 bits per heavy atom. The fourth-order valence-electron chi connectivity index (χ4n) is 2.95. The molecule has 0 amide bonds. The molecule has 2 unspecified atom stereocenters. The van der Waals surface area contributed by atoms with Crippen molar-refractivity contribution < 1.29 is 18.6 Å². The molecular formula is C11H20O4S. The quantitative estimate of drug-likeness (QED) is 0.745. The zero-order valence-electron chi connectivity index (χ0n) is 9.81. The summed E-state index contributed by atoms with van der Waals surface area (Å²) >= 11 is 0. The van der Waals surface area contributed by atoms with Gasteiger partial charge in [-0.2, -0.15) is 0 Å². The maximum atomic E-state index is 11.9. The maximum absolute atomic E-state index is 11.9. The van der Waals surface area contributed by atoms with E-state index in [1.165, 1.54) is 0 Å². The first-order valence-corrected chi connectivity index (χ1v) is 7.40. The fraction of sp³-hybridized carbons (Fsp3) is 1.00. The van der Waals surface area contributed by atoms with Crippen LogP contribution < -0.4 is 0 Å².